The van der Waals surface area contributed by atoms with Crippen molar-refractivity contribution < 1.29 is 4.74 Å². The molecular weight excluding hydrogens is 164 g/mol. The third-order valence-corrected chi connectivity index (χ3v) is 2.56. The Morgan fingerprint density at radius 2 is 2.31 bits per heavy atom. The molecule has 0 saturated carbocycles. The van der Waals surface area contributed by atoms with E-state index in [4.69, 9.17) is 4.74 Å². The molecule has 0 aromatic heterocycles. The van der Waals surface area contributed by atoms with Gasteiger partial charge in [-0.3, -0.25) is 0 Å². The molecule has 0 aromatic carbocycles. The summed E-state index contributed by atoms with van der Waals surface area (Å²) in [7, 11) is 4.25. The van der Waals surface area contributed by atoms with Gasteiger partial charge < -0.3 is 15.0 Å². The fourth-order valence-electron chi connectivity index (χ4n) is 1.91. The van der Waals surface area contributed by atoms with E-state index in [9.17, 15) is 0 Å². The number of nitrogens with zero attached hydrogens (tertiary/aromatic N) is 1. The summed E-state index contributed by atoms with van der Waals surface area (Å²) in [4.78, 5) is 2.24. The van der Waals surface area contributed by atoms with E-state index < -0.39 is 0 Å². The molecule has 3 heteroatoms. The summed E-state index contributed by atoms with van der Waals surface area (Å²) >= 11 is 0. The minimum absolute atomic E-state index is 0.600. The molecule has 1 heterocycles. The summed E-state index contributed by atoms with van der Waals surface area (Å²) in [5.41, 5.74) is 0. The Morgan fingerprint density at radius 1 is 1.54 bits per heavy atom. The van der Waals surface area contributed by atoms with Crippen LogP contribution in [0.5, 0.6) is 0 Å². The summed E-state index contributed by atoms with van der Waals surface area (Å²) in [6.07, 6.45) is 1.21. The highest BCUT2D eigenvalue weighted by atomic mass is 16.5. The number of ether oxygens (including phenoxy) is 1. The molecule has 3 nitrogen and oxygen atoms in total. The second kappa shape index (κ2) is 5.58. The summed E-state index contributed by atoms with van der Waals surface area (Å²) in [6.45, 7) is 6.21. The van der Waals surface area contributed by atoms with Crippen molar-refractivity contribution in [3.05, 3.63) is 0 Å². The number of nitrogens with one attached hydrogen (secondary N) is 1. The van der Waals surface area contributed by atoms with Gasteiger partial charge in [-0.05, 0) is 27.1 Å². The van der Waals surface area contributed by atoms with Crippen LogP contribution in [0.15, 0.2) is 0 Å². The minimum atomic E-state index is 0.600. The van der Waals surface area contributed by atoms with Crippen LogP contribution in [0, 0.1) is 5.92 Å². The molecule has 0 bridgehead atoms. The molecule has 1 aliphatic heterocycles. The lowest BCUT2D eigenvalue weighted by Gasteiger charge is -2.26. The van der Waals surface area contributed by atoms with E-state index in [2.05, 4.69) is 31.2 Å². The van der Waals surface area contributed by atoms with Crippen LogP contribution in [-0.4, -0.2) is 51.3 Å². The molecule has 2 unspecified atom stereocenters. The van der Waals surface area contributed by atoms with Gasteiger partial charge in [-0.15, -0.1) is 0 Å². The zero-order chi connectivity index (χ0) is 9.68. The molecule has 0 aromatic rings. The second-order valence-electron chi connectivity index (χ2n) is 4.05. The Balaban J connectivity index is 2.35. The molecule has 1 saturated heterocycles. The summed E-state index contributed by atoms with van der Waals surface area (Å²) in [5.74, 6) is 0.711. The fraction of sp³-hybridized carbons (Fsp3) is 1.00. The van der Waals surface area contributed by atoms with Gasteiger partial charge in [0.25, 0.3) is 0 Å². The van der Waals surface area contributed by atoms with Crippen LogP contribution >= 0.6 is 0 Å². The van der Waals surface area contributed by atoms with Gasteiger partial charge in [0.15, 0.2) is 0 Å². The molecule has 0 radical (unpaired) electrons. The average molecular weight is 186 g/mol. The van der Waals surface area contributed by atoms with Crippen molar-refractivity contribution in [2.75, 3.05) is 40.4 Å². The molecule has 0 amide bonds. The van der Waals surface area contributed by atoms with Crippen LogP contribution in [0.25, 0.3) is 0 Å². The first kappa shape index (κ1) is 11.0. The number of hydrogen-bond acceptors (Lipinski definition) is 3. The van der Waals surface area contributed by atoms with Gasteiger partial charge in [-0.1, -0.05) is 6.92 Å². The first-order valence-electron chi connectivity index (χ1n) is 5.20. The maximum Gasteiger partial charge on any atom is 0.0510 e. The van der Waals surface area contributed by atoms with Gasteiger partial charge in [0, 0.05) is 25.1 Å². The van der Waals surface area contributed by atoms with Gasteiger partial charge in [-0.25, -0.2) is 0 Å². The van der Waals surface area contributed by atoms with Crippen molar-refractivity contribution in [2.45, 2.75) is 19.4 Å². The Labute approximate surface area is 81.4 Å². The molecular formula is C10H22N2O. The maximum atomic E-state index is 5.41. The quantitative estimate of drug-likeness (QED) is 0.679. The van der Waals surface area contributed by atoms with Crippen LogP contribution in [-0.2, 0) is 4.74 Å². The van der Waals surface area contributed by atoms with E-state index in [1.807, 2.05) is 0 Å². The smallest absolute Gasteiger partial charge is 0.0510 e. The fourth-order valence-corrected chi connectivity index (χ4v) is 1.91. The van der Waals surface area contributed by atoms with Crippen molar-refractivity contribution in [1.82, 2.24) is 10.2 Å². The van der Waals surface area contributed by atoms with Crippen molar-refractivity contribution in [2.24, 2.45) is 5.92 Å². The third-order valence-electron chi connectivity index (χ3n) is 2.56. The molecule has 1 fully saturated rings. The van der Waals surface area contributed by atoms with Crippen LogP contribution in [0.2, 0.25) is 0 Å². The molecule has 0 spiro atoms. The van der Waals surface area contributed by atoms with Crippen LogP contribution in [0.3, 0.4) is 0 Å². The highest BCUT2D eigenvalue weighted by molar-refractivity contribution is 4.80. The lowest BCUT2D eigenvalue weighted by molar-refractivity contribution is 0.170. The predicted molar refractivity (Wildman–Crippen MR) is 54.9 cm³/mol. The SMILES string of the molecule is CCNC(CN(C)C)C1CCOC1. The number of likely N-dealkylation sites (N-methyl/N-ethyl adjacent to an activating group) is 2. The summed E-state index contributed by atoms with van der Waals surface area (Å²) < 4.78 is 5.41. The van der Waals surface area contributed by atoms with Gasteiger partial charge >= 0.3 is 0 Å². The Bertz CT molecular complexity index is 133. The van der Waals surface area contributed by atoms with E-state index in [1.54, 1.807) is 0 Å². The van der Waals surface area contributed by atoms with Crippen molar-refractivity contribution >= 4 is 0 Å². The van der Waals surface area contributed by atoms with Gasteiger partial charge in [0.1, 0.15) is 0 Å². The molecule has 13 heavy (non-hydrogen) atoms. The van der Waals surface area contributed by atoms with E-state index >= 15 is 0 Å². The second-order valence-corrected chi connectivity index (χ2v) is 4.05. The lowest BCUT2D eigenvalue weighted by Crippen LogP contribution is -2.43. The summed E-state index contributed by atoms with van der Waals surface area (Å²) in [5, 5.41) is 3.53. The Kier molecular flexibility index (Phi) is 4.70. The van der Waals surface area contributed by atoms with E-state index in [0.29, 0.717) is 12.0 Å². The molecule has 1 aliphatic rings. The lowest BCUT2D eigenvalue weighted by atomic mass is 9.98. The minimum Gasteiger partial charge on any atom is -0.381 e. The van der Waals surface area contributed by atoms with Crippen LogP contribution in [0.1, 0.15) is 13.3 Å². The normalized spacial score (nSPS) is 25.4. The predicted octanol–water partition coefficient (Wildman–Crippen LogP) is 0.563. The Morgan fingerprint density at radius 3 is 2.77 bits per heavy atom. The highest BCUT2D eigenvalue weighted by Crippen LogP contribution is 2.17. The van der Waals surface area contributed by atoms with Gasteiger partial charge in [0.05, 0.1) is 6.61 Å². The maximum absolute atomic E-state index is 5.41. The zero-order valence-electron chi connectivity index (χ0n) is 9.05. The standard InChI is InChI=1S/C10H22N2O/c1-4-11-10(7-12(2)3)9-5-6-13-8-9/h9-11H,4-8H2,1-3H3. The highest BCUT2D eigenvalue weighted by Gasteiger charge is 2.25. The largest absolute Gasteiger partial charge is 0.381 e. The van der Waals surface area contributed by atoms with Crippen molar-refractivity contribution in [3.8, 4) is 0 Å². The first-order valence-corrected chi connectivity index (χ1v) is 5.20. The molecule has 1 N–H and O–H groups in total. The molecule has 1 rings (SSSR count). The van der Waals surface area contributed by atoms with Crippen LogP contribution < -0.4 is 5.32 Å². The monoisotopic (exact) mass is 186 g/mol. The number of hydrogen-bond donors (Lipinski definition) is 1. The zero-order valence-corrected chi connectivity index (χ0v) is 9.05. The van der Waals surface area contributed by atoms with Crippen LogP contribution in [0.4, 0.5) is 0 Å². The van der Waals surface area contributed by atoms with E-state index in [0.717, 1.165) is 26.3 Å². The van der Waals surface area contributed by atoms with Crippen molar-refractivity contribution in [1.29, 1.82) is 0 Å². The van der Waals surface area contributed by atoms with Gasteiger partial charge in [-0.2, -0.15) is 0 Å². The first-order chi connectivity index (χ1) is 6.24. The van der Waals surface area contributed by atoms with E-state index in [1.165, 1.54) is 6.42 Å². The van der Waals surface area contributed by atoms with E-state index in [-0.39, 0.29) is 0 Å². The molecule has 0 aliphatic carbocycles. The molecule has 2 atom stereocenters. The Hall–Kier alpha value is -0.120. The average Bonchev–Trinajstić information content (AvgIpc) is 2.54. The summed E-state index contributed by atoms with van der Waals surface area (Å²) in [6, 6.07) is 0.600. The van der Waals surface area contributed by atoms with Gasteiger partial charge in [0.2, 0.25) is 0 Å². The van der Waals surface area contributed by atoms with Crippen molar-refractivity contribution in [3.63, 3.8) is 0 Å². The molecule has 78 valence electrons. The number of rotatable bonds is 5. The third kappa shape index (κ3) is 3.63. The topological polar surface area (TPSA) is 24.5 Å².